The summed E-state index contributed by atoms with van der Waals surface area (Å²) in [6, 6.07) is 19.7. The molecule has 1 N–H and O–H groups in total. The van der Waals surface area contributed by atoms with E-state index in [1.807, 2.05) is 52.9 Å². The van der Waals surface area contributed by atoms with E-state index in [0.29, 0.717) is 10.9 Å². The summed E-state index contributed by atoms with van der Waals surface area (Å²) >= 11 is 1.24. The van der Waals surface area contributed by atoms with Crippen LogP contribution in [0.5, 0.6) is 5.75 Å². The summed E-state index contributed by atoms with van der Waals surface area (Å²) in [6.07, 6.45) is 0. The number of methoxy groups -OCH3 is 1. The van der Waals surface area contributed by atoms with E-state index in [4.69, 9.17) is 14.7 Å². The maximum atomic E-state index is 12.7. The lowest BCUT2D eigenvalue weighted by Crippen LogP contribution is -2.15. The predicted octanol–water partition coefficient (Wildman–Crippen LogP) is 4.68. The number of nitrogens with zero attached hydrogens (tertiary/aromatic N) is 4. The molecule has 0 saturated heterocycles. The number of aromatic nitrogens is 3. The first-order valence-corrected chi connectivity index (χ1v) is 10.9. The lowest BCUT2D eigenvalue weighted by atomic mass is 10.2. The molecule has 3 aromatic carbocycles. The van der Waals surface area contributed by atoms with Crippen molar-refractivity contribution in [1.29, 1.82) is 0 Å². The number of para-hydroxylation sites is 3. The molecule has 10 heteroatoms. The fraction of sp³-hybridized carbons (Fsp3) is 0.0870. The highest BCUT2D eigenvalue weighted by Crippen LogP contribution is 2.31. The maximum absolute atomic E-state index is 12.7. The van der Waals surface area contributed by atoms with Gasteiger partial charge in [0.15, 0.2) is 5.16 Å². The Balaban J connectivity index is 1.47. The molecular weight excluding hydrogens is 442 g/mol. The van der Waals surface area contributed by atoms with Crippen molar-refractivity contribution in [3.8, 4) is 5.75 Å². The van der Waals surface area contributed by atoms with Gasteiger partial charge in [-0.15, -0.1) is 0 Å². The molecule has 0 spiro atoms. The largest absolute Gasteiger partial charge is 0.496 e. The third kappa shape index (κ3) is 3.80. The summed E-state index contributed by atoms with van der Waals surface area (Å²) in [5, 5.41) is 15.5. The molecule has 0 saturated carbocycles. The SMILES string of the molecule is COc1ccc(NC(=O)CSc2nc3ccccc3c3nc4ccccc4n23)c([N+](=O)[O-])c1. The number of nitrogens with one attached hydrogen (secondary N) is 1. The highest BCUT2D eigenvalue weighted by Gasteiger charge is 2.19. The minimum atomic E-state index is -0.558. The molecule has 164 valence electrons. The number of fused-ring (bicyclic) bond motifs is 5. The van der Waals surface area contributed by atoms with Gasteiger partial charge in [0.2, 0.25) is 5.91 Å². The van der Waals surface area contributed by atoms with Crippen LogP contribution in [0.3, 0.4) is 0 Å². The molecular formula is C23H17N5O4S. The van der Waals surface area contributed by atoms with E-state index in [1.165, 1.54) is 31.0 Å². The molecule has 0 atom stereocenters. The number of benzene rings is 3. The smallest absolute Gasteiger partial charge is 0.296 e. The lowest BCUT2D eigenvalue weighted by Gasteiger charge is -2.09. The molecule has 33 heavy (non-hydrogen) atoms. The van der Waals surface area contributed by atoms with Gasteiger partial charge in [0.05, 0.1) is 40.4 Å². The number of rotatable bonds is 6. The topological polar surface area (TPSA) is 112 Å². The number of amides is 1. The molecule has 5 aromatic rings. The minimum absolute atomic E-state index is 0.0101. The van der Waals surface area contributed by atoms with Crippen molar-refractivity contribution in [2.75, 3.05) is 18.2 Å². The van der Waals surface area contributed by atoms with Crippen LogP contribution in [0.1, 0.15) is 0 Å². The van der Waals surface area contributed by atoms with Crippen LogP contribution in [0.2, 0.25) is 0 Å². The third-order valence-corrected chi connectivity index (χ3v) is 6.06. The van der Waals surface area contributed by atoms with E-state index in [0.717, 1.165) is 27.6 Å². The summed E-state index contributed by atoms with van der Waals surface area (Å²) in [6.45, 7) is 0. The Morgan fingerprint density at radius 1 is 1.09 bits per heavy atom. The quantitative estimate of drug-likeness (QED) is 0.170. The third-order valence-electron chi connectivity index (χ3n) is 5.12. The Kier molecular flexibility index (Phi) is 5.27. The van der Waals surface area contributed by atoms with Crippen molar-refractivity contribution in [3.05, 3.63) is 76.8 Å². The van der Waals surface area contributed by atoms with E-state index in [9.17, 15) is 14.9 Å². The first kappa shape index (κ1) is 20.7. The van der Waals surface area contributed by atoms with Crippen LogP contribution in [0.15, 0.2) is 71.9 Å². The number of hydrogen-bond donors (Lipinski definition) is 1. The van der Waals surface area contributed by atoms with Gasteiger partial charge in [0.1, 0.15) is 17.1 Å². The first-order chi connectivity index (χ1) is 16.0. The van der Waals surface area contributed by atoms with Gasteiger partial charge in [-0.25, -0.2) is 9.97 Å². The minimum Gasteiger partial charge on any atom is -0.496 e. The second-order valence-electron chi connectivity index (χ2n) is 7.15. The fourth-order valence-corrected chi connectivity index (χ4v) is 4.43. The molecule has 9 nitrogen and oxygen atoms in total. The number of ether oxygens (including phenoxy) is 1. The highest BCUT2D eigenvalue weighted by molar-refractivity contribution is 7.99. The lowest BCUT2D eigenvalue weighted by molar-refractivity contribution is -0.384. The van der Waals surface area contributed by atoms with E-state index < -0.39 is 4.92 Å². The number of carbonyl (C=O) groups excluding carboxylic acids is 1. The summed E-state index contributed by atoms with van der Waals surface area (Å²) in [4.78, 5) is 33.0. The van der Waals surface area contributed by atoms with Gasteiger partial charge in [-0.3, -0.25) is 19.3 Å². The molecule has 0 bridgehead atoms. The van der Waals surface area contributed by atoms with Gasteiger partial charge in [-0.2, -0.15) is 0 Å². The molecule has 0 fully saturated rings. The first-order valence-electron chi connectivity index (χ1n) is 9.96. The van der Waals surface area contributed by atoms with Crippen LogP contribution in [0, 0.1) is 10.1 Å². The molecule has 2 aromatic heterocycles. The van der Waals surface area contributed by atoms with Crippen molar-refractivity contribution >= 4 is 56.6 Å². The molecule has 0 aliphatic heterocycles. The van der Waals surface area contributed by atoms with Crippen molar-refractivity contribution < 1.29 is 14.5 Å². The second kappa shape index (κ2) is 8.40. The molecule has 0 aliphatic rings. The van der Waals surface area contributed by atoms with Gasteiger partial charge in [-0.1, -0.05) is 36.0 Å². The molecule has 5 rings (SSSR count). The van der Waals surface area contributed by atoms with E-state index in [-0.39, 0.29) is 23.0 Å². The second-order valence-corrected chi connectivity index (χ2v) is 8.09. The van der Waals surface area contributed by atoms with Gasteiger partial charge in [0.25, 0.3) is 5.69 Å². The van der Waals surface area contributed by atoms with Gasteiger partial charge in [0, 0.05) is 5.39 Å². The Morgan fingerprint density at radius 3 is 2.64 bits per heavy atom. The predicted molar refractivity (Wildman–Crippen MR) is 127 cm³/mol. The average Bonchev–Trinajstić information content (AvgIpc) is 3.23. The van der Waals surface area contributed by atoms with Gasteiger partial charge >= 0.3 is 0 Å². The van der Waals surface area contributed by atoms with Crippen molar-refractivity contribution in [1.82, 2.24) is 14.4 Å². The Morgan fingerprint density at radius 2 is 1.85 bits per heavy atom. The molecule has 2 heterocycles. The zero-order valence-electron chi connectivity index (χ0n) is 17.4. The van der Waals surface area contributed by atoms with Crippen molar-refractivity contribution in [2.45, 2.75) is 5.16 Å². The van der Waals surface area contributed by atoms with Crippen LogP contribution in [-0.2, 0) is 4.79 Å². The van der Waals surface area contributed by atoms with Crippen molar-refractivity contribution in [3.63, 3.8) is 0 Å². The van der Waals surface area contributed by atoms with Crippen LogP contribution < -0.4 is 10.1 Å². The zero-order chi connectivity index (χ0) is 22.9. The maximum Gasteiger partial charge on any atom is 0.296 e. The highest BCUT2D eigenvalue weighted by atomic mass is 32.2. The Labute approximate surface area is 191 Å². The zero-order valence-corrected chi connectivity index (χ0v) is 18.2. The van der Waals surface area contributed by atoms with Crippen molar-refractivity contribution in [2.24, 2.45) is 0 Å². The summed E-state index contributed by atoms with van der Waals surface area (Å²) in [5.74, 6) is -0.0412. The molecule has 0 radical (unpaired) electrons. The van der Waals surface area contributed by atoms with Crippen LogP contribution >= 0.6 is 11.8 Å². The van der Waals surface area contributed by atoms with E-state index in [1.54, 1.807) is 6.07 Å². The number of hydrogen-bond acceptors (Lipinski definition) is 7. The number of anilines is 1. The monoisotopic (exact) mass is 459 g/mol. The number of nitro benzene ring substituents is 1. The summed E-state index contributed by atoms with van der Waals surface area (Å²) < 4.78 is 6.97. The number of nitro groups is 1. The molecule has 0 unspecified atom stereocenters. The summed E-state index contributed by atoms with van der Waals surface area (Å²) in [5.41, 5.74) is 3.12. The van der Waals surface area contributed by atoms with E-state index >= 15 is 0 Å². The fourth-order valence-electron chi connectivity index (χ4n) is 3.62. The van der Waals surface area contributed by atoms with Crippen LogP contribution in [-0.4, -0.2) is 38.1 Å². The van der Waals surface area contributed by atoms with Gasteiger partial charge in [-0.05, 0) is 36.4 Å². The van der Waals surface area contributed by atoms with Crippen LogP contribution in [0.25, 0.3) is 27.6 Å². The molecule has 0 aliphatic carbocycles. The normalized spacial score (nSPS) is 11.2. The average molecular weight is 459 g/mol. The number of carbonyl (C=O) groups is 1. The molecule has 1 amide bonds. The van der Waals surface area contributed by atoms with Crippen LogP contribution in [0.4, 0.5) is 11.4 Å². The van der Waals surface area contributed by atoms with Gasteiger partial charge < -0.3 is 10.1 Å². The summed E-state index contributed by atoms with van der Waals surface area (Å²) in [7, 11) is 1.42. The van der Waals surface area contributed by atoms with E-state index in [2.05, 4.69) is 5.32 Å². The number of imidazole rings is 1. The number of thioether (sulfide) groups is 1. The Hall–Kier alpha value is -4.18. The Bertz CT molecular complexity index is 1550. The standard InChI is InChI=1S/C23H17N5O4S/c1-32-14-10-11-18(20(12-14)28(30)31)24-21(29)13-33-23-26-16-7-3-2-6-15(16)22-25-17-8-4-5-9-19(17)27(22)23/h2-12H,13H2,1H3,(H,24,29).